The molecule has 0 bridgehead atoms. The fourth-order valence-corrected chi connectivity index (χ4v) is 2.93. The predicted octanol–water partition coefficient (Wildman–Crippen LogP) is 3.82. The summed E-state index contributed by atoms with van der Waals surface area (Å²) in [5, 5.41) is 11.8. The Hall–Kier alpha value is -2.59. The highest BCUT2D eigenvalue weighted by atomic mass is 32.2. The van der Waals surface area contributed by atoms with Crippen LogP contribution < -0.4 is 10.1 Å². The Labute approximate surface area is 148 Å². The van der Waals surface area contributed by atoms with Crippen LogP contribution in [0.3, 0.4) is 0 Å². The summed E-state index contributed by atoms with van der Waals surface area (Å²) >= 11 is 1.61. The van der Waals surface area contributed by atoms with Gasteiger partial charge in [-0.25, -0.2) is 0 Å². The molecule has 4 nitrogen and oxygen atoms in total. The number of hydrogen-bond acceptors (Lipinski definition) is 4. The average Bonchev–Trinajstić information content (AvgIpc) is 2.61. The lowest BCUT2D eigenvalue weighted by Crippen LogP contribution is -2.25. The lowest BCUT2D eigenvalue weighted by atomic mass is 10.1. The Balaban J connectivity index is 1.72. The summed E-state index contributed by atoms with van der Waals surface area (Å²) in [6, 6.07) is 15.1. The molecule has 2 aromatic carbocycles. The van der Waals surface area contributed by atoms with Crippen molar-refractivity contribution in [2.45, 2.75) is 12.4 Å². The second-order valence-electron chi connectivity index (χ2n) is 4.98. The van der Waals surface area contributed by atoms with E-state index in [1.807, 2.05) is 18.2 Å². The number of benzene rings is 2. The zero-order valence-corrected chi connectivity index (χ0v) is 14.1. The number of rotatable bonds is 8. The normalized spacial score (nSPS) is 10.3. The van der Waals surface area contributed by atoms with Gasteiger partial charge in [-0.05, 0) is 35.9 Å². The van der Waals surface area contributed by atoms with Gasteiger partial charge in [0.15, 0.2) is 0 Å². The van der Waals surface area contributed by atoms with Crippen LogP contribution in [0.15, 0.2) is 48.5 Å². The maximum absolute atomic E-state index is 12.1. The zero-order valence-electron chi connectivity index (χ0n) is 13.2. The van der Waals surface area contributed by atoms with E-state index in [4.69, 9.17) is 5.26 Å². The second-order valence-corrected chi connectivity index (χ2v) is 6.09. The number of nitrogens with one attached hydrogen (secondary N) is 1. The first-order valence-electron chi connectivity index (χ1n) is 7.49. The molecule has 25 heavy (non-hydrogen) atoms. The number of alkyl halides is 2. The molecular weight excluding hydrogens is 346 g/mol. The van der Waals surface area contributed by atoms with Crippen molar-refractivity contribution in [2.75, 3.05) is 12.3 Å². The van der Waals surface area contributed by atoms with Gasteiger partial charge in [-0.2, -0.15) is 25.8 Å². The van der Waals surface area contributed by atoms with Crippen LogP contribution in [0.25, 0.3) is 0 Å². The van der Waals surface area contributed by atoms with Gasteiger partial charge in [-0.3, -0.25) is 4.79 Å². The maximum atomic E-state index is 12.1. The SMILES string of the molecule is N#Cc1ccccc1CSCCNC(=O)c1ccc(OC(F)F)cc1. The van der Waals surface area contributed by atoms with E-state index < -0.39 is 6.61 Å². The Morgan fingerprint density at radius 2 is 1.92 bits per heavy atom. The highest BCUT2D eigenvalue weighted by molar-refractivity contribution is 7.98. The van der Waals surface area contributed by atoms with E-state index >= 15 is 0 Å². The molecular formula is C18H16F2N2O2S. The Morgan fingerprint density at radius 1 is 1.20 bits per heavy atom. The summed E-state index contributed by atoms with van der Waals surface area (Å²) in [6.07, 6.45) is 0. The third-order valence-electron chi connectivity index (χ3n) is 3.27. The fourth-order valence-electron chi connectivity index (χ4n) is 2.06. The molecule has 7 heteroatoms. The van der Waals surface area contributed by atoms with Crippen LogP contribution >= 0.6 is 11.8 Å². The predicted molar refractivity (Wildman–Crippen MR) is 92.7 cm³/mol. The second kappa shape index (κ2) is 9.64. The molecule has 0 heterocycles. The van der Waals surface area contributed by atoms with Gasteiger partial charge in [0.05, 0.1) is 11.6 Å². The molecule has 0 aromatic heterocycles. The van der Waals surface area contributed by atoms with Crippen molar-refractivity contribution in [3.63, 3.8) is 0 Å². The number of nitrogens with zero attached hydrogens (tertiary/aromatic N) is 1. The highest BCUT2D eigenvalue weighted by Crippen LogP contribution is 2.16. The van der Waals surface area contributed by atoms with Gasteiger partial charge in [-0.15, -0.1) is 0 Å². The van der Waals surface area contributed by atoms with E-state index in [9.17, 15) is 13.6 Å². The minimum Gasteiger partial charge on any atom is -0.435 e. The van der Waals surface area contributed by atoms with Crippen molar-refractivity contribution in [3.05, 3.63) is 65.2 Å². The molecule has 2 rings (SSSR count). The van der Waals surface area contributed by atoms with Crippen molar-refractivity contribution >= 4 is 17.7 Å². The average molecular weight is 362 g/mol. The Bertz CT molecular complexity index is 745. The number of hydrogen-bond donors (Lipinski definition) is 1. The first kappa shape index (κ1) is 18.7. The van der Waals surface area contributed by atoms with Crippen LogP contribution in [0.2, 0.25) is 0 Å². The van der Waals surface area contributed by atoms with Crippen molar-refractivity contribution < 1.29 is 18.3 Å². The fraction of sp³-hybridized carbons (Fsp3) is 0.222. The van der Waals surface area contributed by atoms with Gasteiger partial charge in [0.25, 0.3) is 5.91 Å². The quantitative estimate of drug-likeness (QED) is 0.725. The zero-order chi connectivity index (χ0) is 18.1. The van der Waals surface area contributed by atoms with Crippen molar-refractivity contribution in [3.8, 4) is 11.8 Å². The molecule has 0 radical (unpaired) electrons. The molecule has 0 aliphatic rings. The number of nitriles is 1. The van der Waals surface area contributed by atoms with Gasteiger partial charge < -0.3 is 10.1 Å². The van der Waals surface area contributed by atoms with Crippen LogP contribution in [0, 0.1) is 11.3 Å². The van der Waals surface area contributed by atoms with Gasteiger partial charge in [0.1, 0.15) is 5.75 Å². The van der Waals surface area contributed by atoms with Crippen molar-refractivity contribution in [2.24, 2.45) is 0 Å². The van der Waals surface area contributed by atoms with Crippen LogP contribution in [-0.2, 0) is 5.75 Å². The molecule has 0 spiro atoms. The number of thioether (sulfide) groups is 1. The highest BCUT2D eigenvalue weighted by Gasteiger charge is 2.08. The summed E-state index contributed by atoms with van der Waals surface area (Å²) < 4.78 is 28.4. The van der Waals surface area contributed by atoms with Gasteiger partial charge in [-0.1, -0.05) is 18.2 Å². The van der Waals surface area contributed by atoms with Crippen molar-refractivity contribution in [1.29, 1.82) is 5.26 Å². The standard InChI is InChI=1S/C18H16F2N2O2S/c19-18(20)24-16-7-5-13(6-8-16)17(23)22-9-10-25-12-15-4-2-1-3-14(15)11-21/h1-8,18H,9-10,12H2,(H,22,23). The monoisotopic (exact) mass is 362 g/mol. The van der Waals surface area contributed by atoms with E-state index in [0.29, 0.717) is 29.2 Å². The van der Waals surface area contributed by atoms with E-state index in [2.05, 4.69) is 16.1 Å². The molecule has 0 saturated heterocycles. The van der Waals surface area contributed by atoms with Crippen LogP contribution in [0.5, 0.6) is 5.75 Å². The Morgan fingerprint density at radius 3 is 2.60 bits per heavy atom. The minimum absolute atomic E-state index is 0.0123. The number of carbonyl (C=O) groups excluding carboxylic acids is 1. The first-order chi connectivity index (χ1) is 12.1. The summed E-state index contributed by atoms with van der Waals surface area (Å²) in [6.45, 7) is -2.42. The molecule has 2 aromatic rings. The maximum Gasteiger partial charge on any atom is 0.387 e. The van der Waals surface area contributed by atoms with Gasteiger partial charge in [0, 0.05) is 23.6 Å². The van der Waals surface area contributed by atoms with Crippen LogP contribution in [0.4, 0.5) is 8.78 Å². The minimum atomic E-state index is -2.89. The largest absolute Gasteiger partial charge is 0.435 e. The van der Waals surface area contributed by atoms with E-state index in [1.165, 1.54) is 24.3 Å². The molecule has 1 N–H and O–H groups in total. The van der Waals surface area contributed by atoms with E-state index in [1.54, 1.807) is 17.8 Å². The number of amides is 1. The lowest BCUT2D eigenvalue weighted by molar-refractivity contribution is -0.0498. The number of halogens is 2. The van der Waals surface area contributed by atoms with Gasteiger partial charge in [0.2, 0.25) is 0 Å². The molecule has 130 valence electrons. The third-order valence-corrected chi connectivity index (χ3v) is 4.28. The van der Waals surface area contributed by atoms with Crippen molar-refractivity contribution in [1.82, 2.24) is 5.32 Å². The summed E-state index contributed by atoms with van der Waals surface area (Å²) in [5.74, 6) is 1.12. The summed E-state index contributed by atoms with van der Waals surface area (Å²) in [4.78, 5) is 12.0. The van der Waals surface area contributed by atoms with Gasteiger partial charge >= 0.3 is 6.61 Å². The van der Waals surface area contributed by atoms with Crippen LogP contribution in [0.1, 0.15) is 21.5 Å². The molecule has 0 unspecified atom stereocenters. The van der Waals surface area contributed by atoms with E-state index in [-0.39, 0.29) is 11.7 Å². The summed E-state index contributed by atoms with van der Waals surface area (Å²) in [5.41, 5.74) is 2.00. The lowest BCUT2D eigenvalue weighted by Gasteiger charge is -2.07. The first-order valence-corrected chi connectivity index (χ1v) is 8.64. The number of ether oxygens (including phenoxy) is 1. The molecule has 0 aliphatic carbocycles. The molecule has 1 amide bonds. The molecule has 0 aliphatic heterocycles. The topological polar surface area (TPSA) is 62.1 Å². The molecule has 0 atom stereocenters. The number of carbonyl (C=O) groups is 1. The van der Waals surface area contributed by atoms with E-state index in [0.717, 1.165) is 5.56 Å². The molecule has 0 fully saturated rings. The Kier molecular flexibility index (Phi) is 7.23. The third kappa shape index (κ3) is 6.08. The van der Waals surface area contributed by atoms with Crippen LogP contribution in [-0.4, -0.2) is 24.8 Å². The summed E-state index contributed by atoms with van der Waals surface area (Å²) in [7, 11) is 0. The smallest absolute Gasteiger partial charge is 0.387 e. The molecule has 0 saturated carbocycles.